The van der Waals surface area contributed by atoms with E-state index in [2.05, 4.69) is 14.9 Å². The highest BCUT2D eigenvalue weighted by Gasteiger charge is 2.48. The molecule has 2 aromatic rings. The Morgan fingerprint density at radius 1 is 1.29 bits per heavy atom. The Morgan fingerprint density at radius 2 is 2.11 bits per heavy atom. The molecule has 0 aliphatic carbocycles. The summed E-state index contributed by atoms with van der Waals surface area (Å²) in [6.45, 7) is 4.86. The Kier molecular flexibility index (Phi) is 4.91. The molecule has 150 valence electrons. The first kappa shape index (κ1) is 19.3. The number of aromatic nitrogens is 2. The lowest BCUT2D eigenvalue weighted by molar-refractivity contribution is -0.141. The third-order valence-electron chi connectivity index (χ3n) is 5.67. The largest absolute Gasteiger partial charge is 0.433 e. The van der Waals surface area contributed by atoms with E-state index in [9.17, 15) is 18.0 Å². The van der Waals surface area contributed by atoms with Crippen LogP contribution >= 0.6 is 11.3 Å². The van der Waals surface area contributed by atoms with Gasteiger partial charge in [0.25, 0.3) is 5.91 Å². The highest BCUT2D eigenvalue weighted by Crippen LogP contribution is 2.40. The van der Waals surface area contributed by atoms with Gasteiger partial charge in [-0.05, 0) is 38.3 Å². The van der Waals surface area contributed by atoms with Gasteiger partial charge in [0.1, 0.15) is 5.69 Å². The van der Waals surface area contributed by atoms with Crippen molar-refractivity contribution < 1.29 is 18.0 Å². The zero-order valence-corrected chi connectivity index (χ0v) is 16.3. The Hall–Kier alpha value is -2.00. The van der Waals surface area contributed by atoms with Crippen molar-refractivity contribution in [1.29, 1.82) is 0 Å². The van der Waals surface area contributed by atoms with Crippen molar-refractivity contribution in [2.24, 2.45) is 0 Å². The average molecular weight is 410 g/mol. The van der Waals surface area contributed by atoms with Crippen LogP contribution in [0.15, 0.2) is 24.5 Å². The van der Waals surface area contributed by atoms with Crippen LogP contribution in [0.25, 0.3) is 0 Å². The van der Waals surface area contributed by atoms with Crippen LogP contribution in [0.3, 0.4) is 0 Å². The van der Waals surface area contributed by atoms with E-state index in [1.54, 1.807) is 16.2 Å². The van der Waals surface area contributed by atoms with Gasteiger partial charge in [-0.1, -0.05) is 0 Å². The number of aryl methyl sites for hydroxylation is 1. The number of piperidine rings is 1. The predicted octanol–water partition coefficient (Wildman–Crippen LogP) is 3.75. The van der Waals surface area contributed by atoms with Crippen molar-refractivity contribution in [3.8, 4) is 0 Å². The predicted molar refractivity (Wildman–Crippen MR) is 99.0 cm³/mol. The summed E-state index contributed by atoms with van der Waals surface area (Å²) in [5, 5.41) is 1.03. The fraction of sp³-hybridized carbons (Fsp3) is 0.526. The Balaban J connectivity index is 1.48. The number of rotatable bonds is 3. The van der Waals surface area contributed by atoms with Crippen LogP contribution < -0.4 is 0 Å². The summed E-state index contributed by atoms with van der Waals surface area (Å²) >= 11 is 1.67. The summed E-state index contributed by atoms with van der Waals surface area (Å²) in [7, 11) is 0. The molecule has 0 bridgehead atoms. The summed E-state index contributed by atoms with van der Waals surface area (Å²) in [6.07, 6.45) is 1.24. The minimum Gasteiger partial charge on any atom is -0.337 e. The van der Waals surface area contributed by atoms with E-state index in [1.165, 1.54) is 10.9 Å². The van der Waals surface area contributed by atoms with Gasteiger partial charge < -0.3 is 4.90 Å². The number of alkyl halides is 3. The van der Waals surface area contributed by atoms with Crippen LogP contribution in [0.5, 0.6) is 0 Å². The molecule has 4 heterocycles. The second-order valence-corrected chi connectivity index (χ2v) is 8.82. The van der Waals surface area contributed by atoms with Gasteiger partial charge in [0.15, 0.2) is 0 Å². The maximum absolute atomic E-state index is 12.9. The standard InChI is InChI=1S/C19H21F3N4OS/c1-13-24-10-15(28-13)11-26-8-5-18(26)4-2-7-25(12-18)17(27)14-3-6-23-16(9-14)19(20,21)22/h3,6,9-10H,2,4-5,7-8,11-12H2,1H3. The minimum atomic E-state index is -4.56. The van der Waals surface area contributed by atoms with Crippen LogP contribution in [0.1, 0.15) is 45.2 Å². The van der Waals surface area contributed by atoms with Gasteiger partial charge in [-0.3, -0.25) is 14.7 Å². The minimum absolute atomic E-state index is 0.0448. The molecule has 1 spiro atoms. The number of carbonyl (C=O) groups excluding carboxylic acids is 1. The molecule has 9 heteroatoms. The smallest absolute Gasteiger partial charge is 0.337 e. The zero-order chi connectivity index (χ0) is 19.9. The van der Waals surface area contributed by atoms with E-state index in [0.717, 1.165) is 49.6 Å². The molecule has 4 rings (SSSR count). The van der Waals surface area contributed by atoms with Gasteiger partial charge in [0.2, 0.25) is 0 Å². The van der Waals surface area contributed by atoms with Crippen LogP contribution in [0.2, 0.25) is 0 Å². The average Bonchev–Trinajstić information content (AvgIpc) is 3.09. The SMILES string of the molecule is Cc1ncc(CN2CCC23CCCN(C(=O)c2ccnc(C(F)(F)F)c2)C3)s1. The summed E-state index contributed by atoms with van der Waals surface area (Å²) in [5.74, 6) is -0.354. The van der Waals surface area contributed by atoms with Gasteiger partial charge in [-0.25, -0.2) is 4.98 Å². The Labute approximate surface area is 165 Å². The topological polar surface area (TPSA) is 49.3 Å². The van der Waals surface area contributed by atoms with Crippen LogP contribution in [-0.4, -0.2) is 50.8 Å². The molecule has 2 fully saturated rings. The third-order valence-corrected chi connectivity index (χ3v) is 6.57. The first-order valence-corrected chi connectivity index (χ1v) is 10.1. The first-order valence-electron chi connectivity index (χ1n) is 9.26. The van der Waals surface area contributed by atoms with E-state index < -0.39 is 11.9 Å². The normalized spacial score (nSPS) is 23.1. The molecule has 2 aliphatic rings. The van der Waals surface area contributed by atoms with Crippen LogP contribution in [0, 0.1) is 6.92 Å². The first-order chi connectivity index (χ1) is 13.3. The second kappa shape index (κ2) is 7.11. The van der Waals surface area contributed by atoms with Crippen molar-refractivity contribution >= 4 is 17.2 Å². The highest BCUT2D eigenvalue weighted by molar-refractivity contribution is 7.11. The van der Waals surface area contributed by atoms with Crippen molar-refractivity contribution in [2.75, 3.05) is 19.6 Å². The van der Waals surface area contributed by atoms with E-state index in [1.807, 2.05) is 13.1 Å². The van der Waals surface area contributed by atoms with Gasteiger partial charge in [-0.2, -0.15) is 13.2 Å². The maximum Gasteiger partial charge on any atom is 0.433 e. The zero-order valence-electron chi connectivity index (χ0n) is 15.5. The highest BCUT2D eigenvalue weighted by atomic mass is 32.1. The van der Waals surface area contributed by atoms with Gasteiger partial charge in [-0.15, -0.1) is 11.3 Å². The molecule has 1 amide bonds. The van der Waals surface area contributed by atoms with E-state index in [4.69, 9.17) is 0 Å². The van der Waals surface area contributed by atoms with E-state index in [-0.39, 0.29) is 17.0 Å². The Morgan fingerprint density at radius 3 is 2.75 bits per heavy atom. The quantitative estimate of drug-likeness (QED) is 0.774. The fourth-order valence-electron chi connectivity index (χ4n) is 4.15. The monoisotopic (exact) mass is 410 g/mol. The molecule has 5 nitrogen and oxygen atoms in total. The molecule has 1 atom stereocenters. The van der Waals surface area contributed by atoms with Gasteiger partial charge >= 0.3 is 6.18 Å². The third kappa shape index (κ3) is 3.65. The van der Waals surface area contributed by atoms with E-state index >= 15 is 0 Å². The molecule has 2 aromatic heterocycles. The number of pyridine rings is 1. The molecule has 0 radical (unpaired) electrons. The lowest BCUT2D eigenvalue weighted by Crippen LogP contribution is -2.66. The molecular formula is C19H21F3N4OS. The Bertz CT molecular complexity index is 884. The molecule has 2 aliphatic heterocycles. The second-order valence-electron chi connectivity index (χ2n) is 7.50. The van der Waals surface area contributed by atoms with Crippen molar-refractivity contribution in [3.63, 3.8) is 0 Å². The molecule has 0 aromatic carbocycles. The number of hydrogen-bond donors (Lipinski definition) is 0. The number of carbonyl (C=O) groups is 1. The summed E-state index contributed by atoms with van der Waals surface area (Å²) in [5.41, 5.74) is -1.06. The lowest BCUT2D eigenvalue weighted by Gasteiger charge is -2.57. The molecule has 1 unspecified atom stereocenters. The number of hydrogen-bond acceptors (Lipinski definition) is 5. The van der Waals surface area contributed by atoms with Crippen molar-refractivity contribution in [3.05, 3.63) is 45.7 Å². The van der Waals surface area contributed by atoms with E-state index in [0.29, 0.717) is 13.1 Å². The summed E-state index contributed by atoms with van der Waals surface area (Å²) in [6, 6.07) is 2.21. The number of nitrogens with zero attached hydrogens (tertiary/aromatic N) is 4. The van der Waals surface area contributed by atoms with Crippen LogP contribution in [-0.2, 0) is 12.7 Å². The number of thiazole rings is 1. The molecular weight excluding hydrogens is 389 g/mol. The summed E-state index contributed by atoms with van der Waals surface area (Å²) < 4.78 is 38.8. The summed E-state index contributed by atoms with van der Waals surface area (Å²) in [4.78, 5) is 25.8. The van der Waals surface area contributed by atoms with Gasteiger partial charge in [0.05, 0.1) is 5.01 Å². The molecule has 28 heavy (non-hydrogen) atoms. The lowest BCUT2D eigenvalue weighted by atomic mass is 9.77. The number of likely N-dealkylation sites (tertiary alicyclic amines) is 2. The van der Waals surface area contributed by atoms with Crippen LogP contribution in [0.4, 0.5) is 13.2 Å². The van der Waals surface area contributed by atoms with Gasteiger partial charge in [0, 0.05) is 54.6 Å². The maximum atomic E-state index is 12.9. The van der Waals surface area contributed by atoms with Crippen molar-refractivity contribution in [2.45, 2.75) is 44.4 Å². The number of amides is 1. The van der Waals surface area contributed by atoms with Crippen molar-refractivity contribution in [1.82, 2.24) is 19.8 Å². The number of halogens is 3. The molecule has 2 saturated heterocycles. The fourth-order valence-corrected chi connectivity index (χ4v) is 4.96. The molecule has 0 saturated carbocycles. The molecule has 0 N–H and O–H groups in total.